The van der Waals surface area contributed by atoms with Crippen LogP contribution in [0.5, 0.6) is 0 Å². The number of carbonyl (C=O) groups excluding carboxylic acids is 1. The summed E-state index contributed by atoms with van der Waals surface area (Å²) in [7, 11) is 0. The molecule has 1 aliphatic rings. The molecule has 1 unspecified atom stereocenters. The number of hydrogen-bond acceptors (Lipinski definition) is 4. The van der Waals surface area contributed by atoms with Crippen LogP contribution in [0.4, 0.5) is 0 Å². The van der Waals surface area contributed by atoms with Crippen LogP contribution >= 0.6 is 0 Å². The molecule has 2 heterocycles. The standard InChI is InChI=1S/C13H23N5O/c1-9(15-11(19)6-7-13(2,3)14)12-17-16-10-5-4-8-18(10)12/h9H,4-8,14H2,1-3H3,(H,15,19). The smallest absolute Gasteiger partial charge is 0.220 e. The lowest BCUT2D eigenvalue weighted by Crippen LogP contribution is -2.35. The highest BCUT2D eigenvalue weighted by Crippen LogP contribution is 2.19. The third kappa shape index (κ3) is 3.53. The Morgan fingerprint density at radius 1 is 1.53 bits per heavy atom. The normalized spacial score (nSPS) is 16.2. The van der Waals surface area contributed by atoms with Crippen molar-refractivity contribution in [2.75, 3.05) is 0 Å². The van der Waals surface area contributed by atoms with Crippen LogP contribution in [0, 0.1) is 0 Å². The van der Waals surface area contributed by atoms with Gasteiger partial charge in [-0.3, -0.25) is 4.79 Å². The number of nitrogens with zero attached hydrogens (tertiary/aromatic N) is 3. The fourth-order valence-corrected chi connectivity index (χ4v) is 2.31. The van der Waals surface area contributed by atoms with Gasteiger partial charge in [0, 0.05) is 24.9 Å². The van der Waals surface area contributed by atoms with Gasteiger partial charge in [0.15, 0.2) is 5.82 Å². The highest BCUT2D eigenvalue weighted by Gasteiger charge is 2.22. The molecule has 1 aromatic rings. The lowest BCUT2D eigenvalue weighted by Gasteiger charge is -2.19. The van der Waals surface area contributed by atoms with Gasteiger partial charge in [-0.25, -0.2) is 0 Å². The van der Waals surface area contributed by atoms with E-state index in [9.17, 15) is 4.79 Å². The quantitative estimate of drug-likeness (QED) is 0.829. The fraction of sp³-hybridized carbons (Fsp3) is 0.769. The summed E-state index contributed by atoms with van der Waals surface area (Å²) >= 11 is 0. The monoisotopic (exact) mass is 265 g/mol. The molecule has 0 saturated carbocycles. The molecule has 106 valence electrons. The molecule has 1 atom stereocenters. The van der Waals surface area contributed by atoms with Gasteiger partial charge in [0.05, 0.1) is 6.04 Å². The maximum absolute atomic E-state index is 11.9. The van der Waals surface area contributed by atoms with E-state index in [4.69, 9.17) is 5.73 Å². The number of aromatic nitrogens is 3. The Kier molecular flexibility index (Phi) is 3.89. The molecule has 19 heavy (non-hydrogen) atoms. The number of aryl methyl sites for hydroxylation is 1. The number of amides is 1. The van der Waals surface area contributed by atoms with Crippen LogP contribution in [0.2, 0.25) is 0 Å². The second-order valence-corrected chi connectivity index (χ2v) is 6.01. The van der Waals surface area contributed by atoms with E-state index >= 15 is 0 Å². The Hall–Kier alpha value is -1.43. The summed E-state index contributed by atoms with van der Waals surface area (Å²) in [4.78, 5) is 11.9. The molecule has 0 aromatic carbocycles. The molecule has 1 aliphatic heterocycles. The van der Waals surface area contributed by atoms with E-state index in [1.807, 2.05) is 20.8 Å². The van der Waals surface area contributed by atoms with Crippen molar-refractivity contribution in [2.24, 2.45) is 5.73 Å². The van der Waals surface area contributed by atoms with E-state index in [2.05, 4.69) is 20.1 Å². The summed E-state index contributed by atoms with van der Waals surface area (Å²) in [6, 6.07) is -0.104. The second kappa shape index (κ2) is 5.28. The van der Waals surface area contributed by atoms with E-state index in [0.29, 0.717) is 12.8 Å². The molecule has 0 bridgehead atoms. The van der Waals surface area contributed by atoms with Crippen LogP contribution < -0.4 is 11.1 Å². The first-order chi connectivity index (χ1) is 8.87. The van der Waals surface area contributed by atoms with Gasteiger partial charge in [-0.05, 0) is 33.6 Å². The molecule has 0 saturated heterocycles. The number of nitrogens with two attached hydrogens (primary N) is 1. The van der Waals surface area contributed by atoms with Crippen LogP contribution in [0.25, 0.3) is 0 Å². The number of fused-ring (bicyclic) bond motifs is 1. The minimum Gasteiger partial charge on any atom is -0.346 e. The van der Waals surface area contributed by atoms with Gasteiger partial charge in [-0.2, -0.15) is 0 Å². The molecule has 6 heteroatoms. The number of hydrogen-bond donors (Lipinski definition) is 2. The topological polar surface area (TPSA) is 85.8 Å². The highest BCUT2D eigenvalue weighted by molar-refractivity contribution is 5.76. The Morgan fingerprint density at radius 2 is 2.26 bits per heavy atom. The number of rotatable bonds is 5. The van der Waals surface area contributed by atoms with Crippen molar-refractivity contribution in [3.05, 3.63) is 11.6 Å². The summed E-state index contributed by atoms with van der Waals surface area (Å²) in [5, 5.41) is 11.3. The minimum atomic E-state index is -0.309. The molecule has 3 N–H and O–H groups in total. The summed E-state index contributed by atoms with van der Waals surface area (Å²) in [6.07, 6.45) is 3.20. The predicted molar refractivity (Wildman–Crippen MR) is 72.4 cm³/mol. The summed E-state index contributed by atoms with van der Waals surface area (Å²) in [5.74, 6) is 1.90. The molecular weight excluding hydrogens is 242 g/mol. The van der Waals surface area contributed by atoms with E-state index in [0.717, 1.165) is 31.0 Å². The maximum Gasteiger partial charge on any atom is 0.220 e. The zero-order valence-electron chi connectivity index (χ0n) is 11.9. The first-order valence-corrected chi connectivity index (χ1v) is 6.87. The van der Waals surface area contributed by atoms with Gasteiger partial charge in [0.2, 0.25) is 5.91 Å². The van der Waals surface area contributed by atoms with Gasteiger partial charge in [0.1, 0.15) is 5.82 Å². The van der Waals surface area contributed by atoms with E-state index in [-0.39, 0.29) is 17.5 Å². The molecule has 0 aliphatic carbocycles. The van der Waals surface area contributed by atoms with Crippen molar-refractivity contribution in [3.8, 4) is 0 Å². The zero-order chi connectivity index (χ0) is 14.0. The van der Waals surface area contributed by atoms with E-state index in [1.165, 1.54) is 0 Å². The number of carbonyl (C=O) groups is 1. The minimum absolute atomic E-state index is 0.0152. The van der Waals surface area contributed by atoms with Crippen molar-refractivity contribution in [2.45, 2.75) is 64.6 Å². The van der Waals surface area contributed by atoms with Gasteiger partial charge >= 0.3 is 0 Å². The van der Waals surface area contributed by atoms with Gasteiger partial charge in [-0.1, -0.05) is 0 Å². The predicted octanol–water partition coefficient (Wildman–Crippen LogP) is 0.919. The van der Waals surface area contributed by atoms with E-state index < -0.39 is 0 Å². The van der Waals surface area contributed by atoms with Crippen molar-refractivity contribution >= 4 is 5.91 Å². The maximum atomic E-state index is 11.9. The average molecular weight is 265 g/mol. The Morgan fingerprint density at radius 3 is 2.95 bits per heavy atom. The Labute approximate surface area is 113 Å². The summed E-state index contributed by atoms with van der Waals surface area (Å²) < 4.78 is 2.11. The fourth-order valence-electron chi connectivity index (χ4n) is 2.31. The zero-order valence-corrected chi connectivity index (χ0v) is 11.9. The lowest BCUT2D eigenvalue weighted by molar-refractivity contribution is -0.122. The average Bonchev–Trinajstić information content (AvgIpc) is 2.86. The van der Waals surface area contributed by atoms with Gasteiger partial charge in [0.25, 0.3) is 0 Å². The Balaban J connectivity index is 1.90. The van der Waals surface area contributed by atoms with Crippen LogP contribution in [-0.2, 0) is 17.8 Å². The molecule has 0 spiro atoms. The largest absolute Gasteiger partial charge is 0.346 e. The van der Waals surface area contributed by atoms with Crippen molar-refractivity contribution in [1.82, 2.24) is 20.1 Å². The molecule has 1 amide bonds. The van der Waals surface area contributed by atoms with Crippen LogP contribution in [0.3, 0.4) is 0 Å². The molecule has 6 nitrogen and oxygen atoms in total. The molecule has 2 rings (SSSR count). The van der Waals surface area contributed by atoms with Gasteiger partial charge in [-0.15, -0.1) is 10.2 Å². The first kappa shape index (κ1) is 14.0. The molecule has 0 radical (unpaired) electrons. The van der Waals surface area contributed by atoms with Crippen LogP contribution in [-0.4, -0.2) is 26.2 Å². The van der Waals surface area contributed by atoms with Gasteiger partial charge < -0.3 is 15.6 Å². The third-order valence-corrected chi connectivity index (χ3v) is 3.40. The second-order valence-electron chi connectivity index (χ2n) is 6.01. The molecule has 0 fully saturated rings. The van der Waals surface area contributed by atoms with Crippen molar-refractivity contribution in [3.63, 3.8) is 0 Å². The van der Waals surface area contributed by atoms with E-state index in [1.54, 1.807) is 0 Å². The van der Waals surface area contributed by atoms with Crippen molar-refractivity contribution in [1.29, 1.82) is 0 Å². The number of nitrogens with one attached hydrogen (secondary N) is 1. The van der Waals surface area contributed by atoms with Crippen LogP contribution in [0.1, 0.15) is 57.7 Å². The lowest BCUT2D eigenvalue weighted by atomic mass is 10.00. The molecular formula is C13H23N5O. The Bertz CT molecular complexity index is 460. The first-order valence-electron chi connectivity index (χ1n) is 6.87. The van der Waals surface area contributed by atoms with Crippen molar-refractivity contribution < 1.29 is 4.79 Å². The summed E-state index contributed by atoms with van der Waals surface area (Å²) in [6.45, 7) is 6.75. The third-order valence-electron chi connectivity index (χ3n) is 3.40. The molecule has 1 aromatic heterocycles. The SMILES string of the molecule is CC(NC(=O)CCC(C)(C)N)c1nnc2n1CCC2. The summed E-state index contributed by atoms with van der Waals surface area (Å²) in [5.41, 5.74) is 5.57. The highest BCUT2D eigenvalue weighted by atomic mass is 16.1. The van der Waals surface area contributed by atoms with Crippen LogP contribution in [0.15, 0.2) is 0 Å².